The maximum atomic E-state index is 12.3. The number of rotatable bonds is 10. The van der Waals surface area contributed by atoms with Crippen molar-refractivity contribution in [3.8, 4) is 5.75 Å². The van der Waals surface area contributed by atoms with Gasteiger partial charge in [0.2, 0.25) is 10.0 Å². The van der Waals surface area contributed by atoms with Gasteiger partial charge in [-0.1, -0.05) is 0 Å². The fourth-order valence-electron chi connectivity index (χ4n) is 1.85. The lowest BCUT2D eigenvalue weighted by molar-refractivity contribution is -0.137. The number of hydrogen-bond acceptors (Lipinski definition) is 5. The molecule has 0 aliphatic heterocycles. The normalized spacial score (nSPS) is 12.1. The molecule has 23 heavy (non-hydrogen) atoms. The molecule has 0 unspecified atom stereocenters. The average Bonchev–Trinajstić information content (AvgIpc) is 2.45. The van der Waals surface area contributed by atoms with E-state index in [1.54, 1.807) is 33.1 Å². The van der Waals surface area contributed by atoms with Crippen LogP contribution < -0.4 is 9.46 Å². The molecule has 1 aromatic carbocycles. The first kappa shape index (κ1) is 19.4. The molecule has 0 amide bonds. The van der Waals surface area contributed by atoms with E-state index in [4.69, 9.17) is 14.6 Å². The molecule has 2 N–H and O–H groups in total. The van der Waals surface area contributed by atoms with Crippen LogP contribution >= 0.6 is 0 Å². The molecule has 0 aliphatic rings. The van der Waals surface area contributed by atoms with E-state index >= 15 is 0 Å². The minimum absolute atomic E-state index is 0.0972. The van der Waals surface area contributed by atoms with Gasteiger partial charge in [0, 0.05) is 19.1 Å². The highest BCUT2D eigenvalue weighted by Crippen LogP contribution is 2.19. The Balaban J connectivity index is 2.73. The monoisotopic (exact) mass is 345 g/mol. The predicted octanol–water partition coefficient (Wildman–Crippen LogP) is 1.63. The summed E-state index contributed by atoms with van der Waals surface area (Å²) in [6.45, 7) is 4.12. The Kier molecular flexibility index (Phi) is 6.99. The van der Waals surface area contributed by atoms with Crippen molar-refractivity contribution in [1.82, 2.24) is 4.72 Å². The second-order valence-electron chi connectivity index (χ2n) is 5.70. The zero-order chi connectivity index (χ0) is 17.5. The number of aliphatic carboxylic acids is 1. The maximum Gasteiger partial charge on any atom is 0.303 e. The van der Waals surface area contributed by atoms with Gasteiger partial charge in [-0.2, -0.15) is 0 Å². The second kappa shape index (κ2) is 8.28. The molecule has 0 saturated heterocycles. The van der Waals surface area contributed by atoms with Crippen molar-refractivity contribution in [1.29, 1.82) is 0 Å². The second-order valence-corrected chi connectivity index (χ2v) is 7.38. The summed E-state index contributed by atoms with van der Waals surface area (Å²) < 4.78 is 37.5. The zero-order valence-electron chi connectivity index (χ0n) is 13.5. The summed E-state index contributed by atoms with van der Waals surface area (Å²) in [5.74, 6) is -0.416. The molecule has 0 fully saturated rings. The molecular weight excluding hydrogens is 322 g/mol. The topological polar surface area (TPSA) is 102 Å². The van der Waals surface area contributed by atoms with Gasteiger partial charge in [-0.25, -0.2) is 13.1 Å². The highest BCUT2D eigenvalue weighted by atomic mass is 32.2. The number of hydrogen-bond donors (Lipinski definition) is 2. The molecule has 1 aromatic rings. The van der Waals surface area contributed by atoms with E-state index in [2.05, 4.69) is 4.72 Å². The Bertz CT molecular complexity index is 609. The van der Waals surface area contributed by atoms with Gasteiger partial charge >= 0.3 is 5.97 Å². The van der Waals surface area contributed by atoms with Crippen molar-refractivity contribution in [3.63, 3.8) is 0 Å². The van der Waals surface area contributed by atoms with Crippen LogP contribution in [0.25, 0.3) is 0 Å². The fourth-order valence-corrected chi connectivity index (χ4v) is 3.29. The van der Waals surface area contributed by atoms with Crippen molar-refractivity contribution in [3.05, 3.63) is 24.3 Å². The molecule has 0 bridgehead atoms. The molecule has 1 rings (SSSR count). The Morgan fingerprint density at radius 3 is 2.35 bits per heavy atom. The van der Waals surface area contributed by atoms with Gasteiger partial charge in [-0.3, -0.25) is 4.79 Å². The van der Waals surface area contributed by atoms with Gasteiger partial charge in [0.15, 0.2) is 0 Å². The first-order chi connectivity index (χ1) is 10.7. The van der Waals surface area contributed by atoms with E-state index in [0.29, 0.717) is 19.0 Å². The Morgan fingerprint density at radius 1 is 1.22 bits per heavy atom. The van der Waals surface area contributed by atoms with E-state index in [1.807, 2.05) is 0 Å². The van der Waals surface area contributed by atoms with E-state index < -0.39 is 21.5 Å². The van der Waals surface area contributed by atoms with Crippen molar-refractivity contribution < 1.29 is 27.8 Å². The smallest absolute Gasteiger partial charge is 0.303 e. The van der Waals surface area contributed by atoms with Gasteiger partial charge in [-0.05, 0) is 44.5 Å². The highest BCUT2D eigenvalue weighted by molar-refractivity contribution is 7.89. The van der Waals surface area contributed by atoms with Crippen LogP contribution in [0.2, 0.25) is 0 Å². The van der Waals surface area contributed by atoms with Crippen molar-refractivity contribution in [2.75, 3.05) is 20.3 Å². The first-order valence-electron chi connectivity index (χ1n) is 7.14. The number of sulfonamides is 1. The third-order valence-corrected chi connectivity index (χ3v) is 4.78. The van der Waals surface area contributed by atoms with Crippen molar-refractivity contribution in [2.45, 2.75) is 37.1 Å². The molecule has 0 radical (unpaired) electrons. The number of ether oxygens (including phenoxy) is 2. The van der Waals surface area contributed by atoms with Crippen molar-refractivity contribution >= 4 is 16.0 Å². The van der Waals surface area contributed by atoms with E-state index in [1.165, 1.54) is 12.1 Å². The number of methoxy groups -OCH3 is 1. The summed E-state index contributed by atoms with van der Waals surface area (Å²) in [5.41, 5.74) is -0.856. The number of nitrogens with one attached hydrogen (secondary N) is 1. The molecule has 0 aliphatic carbocycles. The lowest BCUT2D eigenvalue weighted by atomic mass is 10.0. The summed E-state index contributed by atoms with van der Waals surface area (Å²) in [7, 11) is -2.16. The lowest BCUT2D eigenvalue weighted by Gasteiger charge is -2.25. The summed E-state index contributed by atoms with van der Waals surface area (Å²) in [4.78, 5) is 10.7. The average molecular weight is 345 g/mol. The van der Waals surface area contributed by atoms with Crippen LogP contribution in [0.1, 0.15) is 26.7 Å². The molecule has 0 atom stereocenters. The Hall–Kier alpha value is -1.64. The fraction of sp³-hybridized carbons (Fsp3) is 0.533. The summed E-state index contributed by atoms with van der Waals surface area (Å²) >= 11 is 0. The molecule has 8 heteroatoms. The van der Waals surface area contributed by atoms with E-state index in [0.717, 1.165) is 0 Å². The Morgan fingerprint density at radius 2 is 1.83 bits per heavy atom. The summed E-state index contributed by atoms with van der Waals surface area (Å²) in [5, 5.41) is 8.71. The molecule has 0 heterocycles. The number of carboxylic acid groups (broad SMARTS) is 1. The number of carbonyl (C=O) groups is 1. The van der Waals surface area contributed by atoms with E-state index in [-0.39, 0.29) is 17.7 Å². The minimum Gasteiger partial charge on any atom is -0.491 e. The third kappa shape index (κ3) is 6.98. The van der Waals surface area contributed by atoms with Gasteiger partial charge in [0.05, 0.1) is 11.5 Å². The molecule has 0 saturated carbocycles. The van der Waals surface area contributed by atoms with Crippen LogP contribution in [0.3, 0.4) is 0 Å². The first-order valence-corrected chi connectivity index (χ1v) is 8.62. The third-order valence-electron chi connectivity index (χ3n) is 3.06. The van der Waals surface area contributed by atoms with Gasteiger partial charge in [0.1, 0.15) is 12.4 Å². The highest BCUT2D eigenvalue weighted by Gasteiger charge is 2.26. The lowest BCUT2D eigenvalue weighted by Crippen LogP contribution is -2.43. The molecule has 7 nitrogen and oxygen atoms in total. The number of benzene rings is 1. The van der Waals surface area contributed by atoms with Gasteiger partial charge < -0.3 is 14.6 Å². The van der Waals surface area contributed by atoms with Crippen LogP contribution in [0.4, 0.5) is 0 Å². The van der Waals surface area contributed by atoms with Gasteiger partial charge in [0.25, 0.3) is 0 Å². The minimum atomic E-state index is -3.73. The SMILES string of the molecule is COCCOc1ccc(S(=O)(=O)NC(C)(C)CCC(=O)O)cc1. The predicted molar refractivity (Wildman–Crippen MR) is 85.1 cm³/mol. The van der Waals surface area contributed by atoms with Crippen LogP contribution in [0.5, 0.6) is 5.75 Å². The summed E-state index contributed by atoms with van der Waals surface area (Å²) in [6.07, 6.45) is 0.0849. The maximum absolute atomic E-state index is 12.3. The van der Waals surface area contributed by atoms with Crippen LogP contribution in [0.15, 0.2) is 29.2 Å². The number of carboxylic acids is 1. The largest absolute Gasteiger partial charge is 0.491 e. The quantitative estimate of drug-likeness (QED) is 0.625. The molecular formula is C15H23NO6S. The molecule has 0 aromatic heterocycles. The van der Waals surface area contributed by atoms with Gasteiger partial charge in [-0.15, -0.1) is 0 Å². The van der Waals surface area contributed by atoms with Crippen LogP contribution in [-0.4, -0.2) is 45.4 Å². The summed E-state index contributed by atoms with van der Waals surface area (Å²) in [6, 6.07) is 6.01. The molecule has 130 valence electrons. The van der Waals surface area contributed by atoms with Crippen LogP contribution in [0, 0.1) is 0 Å². The molecule has 0 spiro atoms. The van der Waals surface area contributed by atoms with Crippen molar-refractivity contribution in [2.24, 2.45) is 0 Å². The Labute approximate surface area is 136 Å². The zero-order valence-corrected chi connectivity index (χ0v) is 14.4. The standard InChI is InChI=1S/C15H23NO6S/c1-15(2,9-8-14(17)18)16-23(19,20)13-6-4-12(5-7-13)22-11-10-21-3/h4-7,16H,8-11H2,1-3H3,(H,17,18). The van der Waals surface area contributed by atoms with Crippen LogP contribution in [-0.2, 0) is 19.6 Å². The van der Waals surface area contributed by atoms with E-state index in [9.17, 15) is 13.2 Å².